The number of carbonyl (C=O) groups excluding carboxylic acids is 2. The number of benzene rings is 1. The molecule has 0 saturated carbocycles. The van der Waals surface area contributed by atoms with Crippen LogP contribution < -0.4 is 10.6 Å². The second-order valence-corrected chi connectivity index (χ2v) is 7.27. The molecule has 2 heterocycles. The topological polar surface area (TPSA) is 74.3 Å². The largest absolute Gasteiger partial charge is 0.416 e. The molecule has 1 aromatic heterocycles. The third-order valence-corrected chi connectivity index (χ3v) is 5.32. The van der Waals surface area contributed by atoms with Gasteiger partial charge in [-0.2, -0.15) is 13.2 Å². The number of aromatic nitrogens is 1. The molecule has 0 unspecified atom stereocenters. The van der Waals surface area contributed by atoms with Crippen molar-refractivity contribution in [2.24, 2.45) is 0 Å². The molecule has 2 N–H and O–H groups in total. The van der Waals surface area contributed by atoms with E-state index in [1.54, 1.807) is 7.05 Å². The van der Waals surface area contributed by atoms with Crippen molar-refractivity contribution in [3.8, 4) is 0 Å². The minimum atomic E-state index is -4.44. The Morgan fingerprint density at radius 2 is 2.00 bits per heavy atom. The minimum absolute atomic E-state index is 0.00488. The molecule has 0 bridgehead atoms. The molecule has 3 rings (SSSR count). The van der Waals surface area contributed by atoms with Crippen molar-refractivity contribution < 1.29 is 22.8 Å². The number of alkyl halides is 3. The van der Waals surface area contributed by atoms with Gasteiger partial charge in [0.25, 0.3) is 5.91 Å². The summed E-state index contributed by atoms with van der Waals surface area (Å²) in [4.78, 5) is 30.4. The number of hydrogen-bond donors (Lipinski definition) is 2. The maximum atomic E-state index is 12.6. The van der Waals surface area contributed by atoms with Crippen molar-refractivity contribution in [2.45, 2.75) is 25.1 Å². The molecule has 1 saturated heterocycles. The van der Waals surface area contributed by atoms with Crippen LogP contribution in [0.3, 0.4) is 0 Å². The van der Waals surface area contributed by atoms with Gasteiger partial charge in [0.1, 0.15) is 0 Å². The zero-order valence-electron chi connectivity index (χ0n) is 15.0. The fraction of sp³-hybridized carbons (Fsp3) is 0.389. The lowest BCUT2D eigenvalue weighted by molar-refractivity contribution is -0.137. The lowest BCUT2D eigenvalue weighted by Crippen LogP contribution is -2.35. The number of halogens is 3. The molecule has 0 spiro atoms. The van der Waals surface area contributed by atoms with Gasteiger partial charge in [0, 0.05) is 18.0 Å². The molecule has 10 heteroatoms. The molecule has 2 aromatic rings. The number of hydrogen-bond acceptors (Lipinski definition) is 5. The van der Waals surface area contributed by atoms with Crippen molar-refractivity contribution in [1.82, 2.24) is 15.2 Å². The molecule has 1 aromatic carbocycles. The van der Waals surface area contributed by atoms with Crippen LogP contribution in [-0.4, -0.2) is 41.8 Å². The summed E-state index contributed by atoms with van der Waals surface area (Å²) in [5.41, 5.74) is 0.0824. The standard InChI is InChI=1S/C18H19F3N4O2S/c1-22-15(26)9-25-8-2-3-14(25)13-10-28-17(23-13)24-16(27)11-4-6-12(7-5-11)18(19,20)21/h4-7,10,14H,2-3,8-9H2,1H3,(H,22,26)(H,23,24,27)/t14-/m0/s1. The van der Waals surface area contributed by atoms with Gasteiger partial charge >= 0.3 is 6.18 Å². The number of carbonyl (C=O) groups is 2. The third kappa shape index (κ3) is 4.68. The second kappa shape index (κ2) is 8.27. The Bertz CT molecular complexity index is 851. The Balaban J connectivity index is 1.65. The first-order valence-corrected chi connectivity index (χ1v) is 9.54. The van der Waals surface area contributed by atoms with Gasteiger partial charge in [0.05, 0.1) is 23.8 Å². The van der Waals surface area contributed by atoms with E-state index in [1.165, 1.54) is 11.3 Å². The van der Waals surface area contributed by atoms with Crippen LogP contribution in [0.15, 0.2) is 29.6 Å². The molecule has 1 atom stereocenters. The van der Waals surface area contributed by atoms with Gasteiger partial charge in [-0.25, -0.2) is 4.98 Å². The highest BCUT2D eigenvalue weighted by Gasteiger charge is 2.31. The van der Waals surface area contributed by atoms with Crippen LogP contribution in [0, 0.1) is 0 Å². The van der Waals surface area contributed by atoms with E-state index in [9.17, 15) is 22.8 Å². The predicted octanol–water partition coefficient (Wildman–Crippen LogP) is 3.30. The van der Waals surface area contributed by atoms with Crippen molar-refractivity contribution in [3.63, 3.8) is 0 Å². The van der Waals surface area contributed by atoms with Gasteiger partial charge in [-0.3, -0.25) is 19.8 Å². The molecule has 1 aliphatic heterocycles. The van der Waals surface area contributed by atoms with Crippen LogP contribution in [0.25, 0.3) is 0 Å². The molecule has 0 aliphatic carbocycles. The van der Waals surface area contributed by atoms with Crippen LogP contribution in [0.1, 0.15) is 40.5 Å². The second-order valence-electron chi connectivity index (χ2n) is 6.41. The van der Waals surface area contributed by atoms with E-state index < -0.39 is 17.6 Å². The van der Waals surface area contributed by atoms with Crippen LogP contribution in [-0.2, 0) is 11.0 Å². The molecule has 6 nitrogen and oxygen atoms in total. The van der Waals surface area contributed by atoms with E-state index in [4.69, 9.17) is 0 Å². The van der Waals surface area contributed by atoms with Crippen molar-refractivity contribution >= 4 is 28.3 Å². The maximum absolute atomic E-state index is 12.6. The first kappa shape index (κ1) is 20.3. The lowest BCUT2D eigenvalue weighted by Gasteiger charge is -2.21. The number of rotatable bonds is 5. The number of likely N-dealkylation sites (N-methyl/N-ethyl adjacent to an activating group) is 1. The Hall–Kier alpha value is -2.46. The van der Waals surface area contributed by atoms with Gasteiger partial charge in [-0.1, -0.05) is 0 Å². The predicted molar refractivity (Wildman–Crippen MR) is 99.1 cm³/mol. The molecule has 0 radical (unpaired) electrons. The van der Waals surface area contributed by atoms with Crippen molar-refractivity contribution in [2.75, 3.05) is 25.5 Å². The number of likely N-dealkylation sites (tertiary alicyclic amines) is 1. The molecule has 2 amide bonds. The highest BCUT2D eigenvalue weighted by atomic mass is 32.1. The van der Waals surface area contributed by atoms with Crippen LogP contribution in [0.4, 0.5) is 18.3 Å². The summed E-state index contributed by atoms with van der Waals surface area (Å²) >= 11 is 1.24. The Morgan fingerprint density at radius 1 is 1.29 bits per heavy atom. The van der Waals surface area contributed by atoms with Crippen LogP contribution in [0.2, 0.25) is 0 Å². The molecule has 28 heavy (non-hydrogen) atoms. The molecule has 1 fully saturated rings. The van der Waals surface area contributed by atoms with Gasteiger partial charge in [-0.05, 0) is 43.7 Å². The number of anilines is 1. The first-order valence-electron chi connectivity index (χ1n) is 8.66. The van der Waals surface area contributed by atoms with E-state index in [0.29, 0.717) is 5.13 Å². The number of nitrogens with one attached hydrogen (secondary N) is 2. The quantitative estimate of drug-likeness (QED) is 0.790. The van der Waals surface area contributed by atoms with Gasteiger partial charge in [0.15, 0.2) is 5.13 Å². The average Bonchev–Trinajstić information content (AvgIpc) is 3.30. The van der Waals surface area contributed by atoms with E-state index >= 15 is 0 Å². The van der Waals surface area contributed by atoms with E-state index in [2.05, 4.69) is 15.6 Å². The van der Waals surface area contributed by atoms with E-state index in [0.717, 1.165) is 49.3 Å². The highest BCUT2D eigenvalue weighted by molar-refractivity contribution is 7.14. The summed E-state index contributed by atoms with van der Waals surface area (Å²) in [5.74, 6) is -0.596. The number of nitrogens with zero attached hydrogens (tertiary/aromatic N) is 2. The van der Waals surface area contributed by atoms with Crippen molar-refractivity contribution in [3.05, 3.63) is 46.5 Å². The fourth-order valence-electron chi connectivity index (χ4n) is 3.09. The molecule has 150 valence electrons. The normalized spacial score (nSPS) is 17.5. The summed E-state index contributed by atoms with van der Waals surface area (Å²) in [5, 5.41) is 7.41. The Labute approximate surface area is 163 Å². The molecule has 1 aliphatic rings. The molecular weight excluding hydrogens is 393 g/mol. The monoisotopic (exact) mass is 412 g/mol. The maximum Gasteiger partial charge on any atom is 0.416 e. The number of amides is 2. The van der Waals surface area contributed by atoms with Crippen LogP contribution in [0.5, 0.6) is 0 Å². The summed E-state index contributed by atoms with van der Waals surface area (Å²) in [6.45, 7) is 1.08. The highest BCUT2D eigenvalue weighted by Crippen LogP contribution is 2.33. The van der Waals surface area contributed by atoms with Crippen molar-refractivity contribution in [1.29, 1.82) is 0 Å². The summed E-state index contributed by atoms with van der Waals surface area (Å²) in [6, 6.07) is 4.02. The minimum Gasteiger partial charge on any atom is -0.358 e. The van der Waals surface area contributed by atoms with E-state index in [-0.39, 0.29) is 24.1 Å². The Morgan fingerprint density at radius 3 is 2.64 bits per heavy atom. The molecular formula is C18H19F3N4O2S. The first-order chi connectivity index (χ1) is 13.3. The summed E-state index contributed by atoms with van der Waals surface area (Å²) in [6.07, 6.45) is -2.62. The number of thiazole rings is 1. The SMILES string of the molecule is CNC(=O)CN1CCC[C@H]1c1csc(NC(=O)c2ccc(C(F)(F)F)cc2)n1. The van der Waals surface area contributed by atoms with E-state index in [1.807, 2.05) is 10.3 Å². The average molecular weight is 412 g/mol. The van der Waals surface area contributed by atoms with Crippen LogP contribution >= 0.6 is 11.3 Å². The zero-order valence-corrected chi connectivity index (χ0v) is 15.9. The lowest BCUT2D eigenvalue weighted by atomic mass is 10.1. The zero-order chi connectivity index (χ0) is 20.3. The summed E-state index contributed by atoms with van der Waals surface area (Å²) < 4.78 is 37.8. The van der Waals surface area contributed by atoms with Gasteiger partial charge in [0.2, 0.25) is 5.91 Å². The fourth-order valence-corrected chi connectivity index (χ4v) is 3.84. The van der Waals surface area contributed by atoms with Gasteiger partial charge in [-0.15, -0.1) is 11.3 Å². The summed E-state index contributed by atoms with van der Waals surface area (Å²) in [7, 11) is 1.59. The smallest absolute Gasteiger partial charge is 0.358 e. The van der Waals surface area contributed by atoms with Gasteiger partial charge < -0.3 is 5.32 Å². The third-order valence-electron chi connectivity index (χ3n) is 4.55. The Kier molecular flexibility index (Phi) is 5.99.